The Labute approximate surface area is 113 Å². The molecule has 2 fully saturated rings. The third-order valence-electron chi connectivity index (χ3n) is 4.57. The Morgan fingerprint density at radius 1 is 1.33 bits per heavy atom. The minimum atomic E-state index is 0.706. The molecule has 2 saturated heterocycles. The van der Waals surface area contributed by atoms with Crippen molar-refractivity contribution < 1.29 is 0 Å². The Morgan fingerprint density at radius 3 is 2.89 bits per heavy atom. The summed E-state index contributed by atoms with van der Waals surface area (Å²) in [7, 11) is 2.28. The van der Waals surface area contributed by atoms with E-state index in [1.54, 1.807) is 11.5 Å². The van der Waals surface area contributed by atoms with Gasteiger partial charge in [-0.1, -0.05) is 0 Å². The highest BCUT2D eigenvalue weighted by Gasteiger charge is 2.35. The van der Waals surface area contributed by atoms with Crippen LogP contribution in [0, 0.1) is 12.8 Å². The zero-order valence-electron chi connectivity index (χ0n) is 11.2. The highest BCUT2D eigenvalue weighted by atomic mass is 32.1. The molecule has 0 bridgehead atoms. The second kappa shape index (κ2) is 4.70. The Morgan fingerprint density at radius 2 is 2.17 bits per heavy atom. The van der Waals surface area contributed by atoms with E-state index < -0.39 is 0 Å². The molecular weight excluding hydrogens is 244 g/mol. The van der Waals surface area contributed by atoms with E-state index >= 15 is 0 Å². The van der Waals surface area contributed by atoms with Crippen LogP contribution >= 0.6 is 11.5 Å². The number of hydrogen-bond acceptors (Lipinski definition) is 5. The van der Waals surface area contributed by atoms with Crippen LogP contribution in [0.15, 0.2) is 0 Å². The van der Waals surface area contributed by atoms with Gasteiger partial charge in [0.2, 0.25) is 0 Å². The molecule has 4 nitrogen and oxygen atoms in total. The fraction of sp³-hybridized carbons (Fsp3) is 0.769. The molecule has 3 heterocycles. The largest absolute Gasteiger partial charge is 0.383 e. The summed E-state index contributed by atoms with van der Waals surface area (Å²) in [5, 5.41) is 1.29. The number of likely N-dealkylation sites (tertiary alicyclic amines) is 1. The standard InChI is InChI=1S/C13H22N4S/c1-9-12(14)15-18-13(9)17-7-5-11-10(8-17)4-3-6-16(11)2/h10-11H,3-8H2,1-2H3,(H2,14,15). The van der Waals surface area contributed by atoms with Gasteiger partial charge in [-0.25, -0.2) is 0 Å². The molecule has 0 aromatic carbocycles. The fourth-order valence-electron chi connectivity index (χ4n) is 3.47. The van der Waals surface area contributed by atoms with Crippen LogP contribution in [0.4, 0.5) is 10.8 Å². The van der Waals surface area contributed by atoms with Crippen LogP contribution in [-0.4, -0.2) is 42.0 Å². The molecule has 0 radical (unpaired) electrons. The van der Waals surface area contributed by atoms with Gasteiger partial charge in [-0.3, -0.25) is 0 Å². The van der Waals surface area contributed by atoms with E-state index in [1.165, 1.54) is 42.9 Å². The quantitative estimate of drug-likeness (QED) is 0.844. The first-order valence-corrected chi connectivity index (χ1v) is 7.61. The third kappa shape index (κ3) is 1.99. The molecule has 2 aliphatic rings. The van der Waals surface area contributed by atoms with E-state index in [4.69, 9.17) is 5.73 Å². The second-order valence-electron chi connectivity index (χ2n) is 5.68. The number of rotatable bonds is 1. The van der Waals surface area contributed by atoms with Gasteiger partial charge in [0.15, 0.2) is 0 Å². The molecule has 0 saturated carbocycles. The lowest BCUT2D eigenvalue weighted by atomic mass is 9.84. The minimum absolute atomic E-state index is 0.706. The molecule has 0 aliphatic carbocycles. The Kier molecular flexibility index (Phi) is 3.20. The van der Waals surface area contributed by atoms with Gasteiger partial charge in [-0.15, -0.1) is 0 Å². The van der Waals surface area contributed by atoms with Crippen LogP contribution in [0.25, 0.3) is 0 Å². The first kappa shape index (κ1) is 12.2. The molecule has 1 aromatic heterocycles. The monoisotopic (exact) mass is 266 g/mol. The predicted molar refractivity (Wildman–Crippen MR) is 77.2 cm³/mol. The van der Waals surface area contributed by atoms with Crippen LogP contribution in [0.2, 0.25) is 0 Å². The van der Waals surface area contributed by atoms with Crippen LogP contribution in [-0.2, 0) is 0 Å². The summed E-state index contributed by atoms with van der Waals surface area (Å²) in [5.41, 5.74) is 7.03. The first-order chi connectivity index (χ1) is 8.66. The van der Waals surface area contributed by atoms with Gasteiger partial charge in [-0.2, -0.15) is 4.37 Å². The van der Waals surface area contributed by atoms with E-state index in [0.29, 0.717) is 5.82 Å². The number of piperidine rings is 2. The fourth-order valence-corrected chi connectivity index (χ4v) is 4.32. The molecule has 1 aromatic rings. The van der Waals surface area contributed by atoms with Gasteiger partial charge in [0.1, 0.15) is 10.8 Å². The number of nitrogen functional groups attached to an aromatic ring is 1. The summed E-state index contributed by atoms with van der Waals surface area (Å²) in [4.78, 5) is 5.06. The van der Waals surface area contributed by atoms with E-state index in [9.17, 15) is 0 Å². The topological polar surface area (TPSA) is 45.4 Å². The number of nitrogens with two attached hydrogens (primary N) is 1. The predicted octanol–water partition coefficient (Wildman–Crippen LogP) is 1.95. The molecule has 0 spiro atoms. The molecule has 18 heavy (non-hydrogen) atoms. The lowest BCUT2D eigenvalue weighted by Crippen LogP contribution is -2.52. The first-order valence-electron chi connectivity index (χ1n) is 6.83. The average Bonchev–Trinajstić information content (AvgIpc) is 2.70. The summed E-state index contributed by atoms with van der Waals surface area (Å²) in [6.07, 6.45) is 3.99. The molecular formula is C13H22N4S. The average molecular weight is 266 g/mol. The lowest BCUT2D eigenvalue weighted by Gasteiger charge is -2.46. The van der Waals surface area contributed by atoms with Crippen molar-refractivity contribution in [2.24, 2.45) is 5.92 Å². The van der Waals surface area contributed by atoms with Crippen molar-refractivity contribution in [1.29, 1.82) is 0 Å². The number of hydrogen-bond donors (Lipinski definition) is 1. The normalized spacial score (nSPS) is 29.3. The third-order valence-corrected chi connectivity index (χ3v) is 5.59. The Hall–Kier alpha value is -0.810. The molecule has 2 aliphatic heterocycles. The SMILES string of the molecule is Cc1c(N)nsc1N1CCC2C(CCCN2C)C1. The summed E-state index contributed by atoms with van der Waals surface area (Å²) in [6.45, 7) is 5.69. The van der Waals surface area contributed by atoms with Gasteiger partial charge >= 0.3 is 0 Å². The van der Waals surface area contributed by atoms with Gasteiger partial charge < -0.3 is 15.5 Å². The van der Waals surface area contributed by atoms with Crippen molar-refractivity contribution in [1.82, 2.24) is 9.27 Å². The number of nitrogens with zero attached hydrogens (tertiary/aromatic N) is 3. The molecule has 2 unspecified atom stereocenters. The van der Waals surface area contributed by atoms with Crippen LogP contribution < -0.4 is 10.6 Å². The maximum absolute atomic E-state index is 5.87. The molecule has 3 rings (SSSR count). The van der Waals surface area contributed by atoms with E-state index in [2.05, 4.69) is 28.1 Å². The zero-order chi connectivity index (χ0) is 12.7. The molecule has 100 valence electrons. The van der Waals surface area contributed by atoms with Gasteiger partial charge in [-0.05, 0) is 57.2 Å². The van der Waals surface area contributed by atoms with Crippen LogP contribution in [0.5, 0.6) is 0 Å². The smallest absolute Gasteiger partial charge is 0.142 e. The lowest BCUT2D eigenvalue weighted by molar-refractivity contribution is 0.103. The van der Waals surface area contributed by atoms with Crippen LogP contribution in [0.3, 0.4) is 0 Å². The maximum atomic E-state index is 5.87. The van der Waals surface area contributed by atoms with Crippen molar-refractivity contribution in [2.45, 2.75) is 32.2 Å². The summed E-state index contributed by atoms with van der Waals surface area (Å²) in [6, 6.07) is 0.792. The van der Waals surface area contributed by atoms with E-state index in [-0.39, 0.29) is 0 Å². The number of aromatic nitrogens is 1. The maximum Gasteiger partial charge on any atom is 0.142 e. The molecule has 5 heteroatoms. The van der Waals surface area contributed by atoms with Crippen molar-refractivity contribution in [3.05, 3.63) is 5.56 Å². The Balaban J connectivity index is 1.76. The summed E-state index contributed by atoms with van der Waals surface area (Å²) in [5.74, 6) is 1.53. The summed E-state index contributed by atoms with van der Waals surface area (Å²) >= 11 is 1.56. The van der Waals surface area contributed by atoms with Gasteiger partial charge in [0.05, 0.1) is 0 Å². The second-order valence-corrected chi connectivity index (χ2v) is 6.43. The highest BCUT2D eigenvalue weighted by molar-refractivity contribution is 7.10. The van der Waals surface area contributed by atoms with Crippen molar-refractivity contribution >= 4 is 22.4 Å². The zero-order valence-corrected chi connectivity index (χ0v) is 12.0. The molecule has 2 atom stereocenters. The summed E-state index contributed by atoms with van der Waals surface area (Å²) < 4.78 is 4.28. The van der Waals surface area contributed by atoms with E-state index in [0.717, 1.165) is 18.5 Å². The molecule has 2 N–H and O–H groups in total. The van der Waals surface area contributed by atoms with Crippen molar-refractivity contribution in [3.63, 3.8) is 0 Å². The highest BCUT2D eigenvalue weighted by Crippen LogP contribution is 2.36. The van der Waals surface area contributed by atoms with E-state index in [1.807, 2.05) is 0 Å². The number of anilines is 2. The Bertz CT molecular complexity index is 431. The number of fused-ring (bicyclic) bond motifs is 1. The van der Waals surface area contributed by atoms with Gasteiger partial charge in [0.25, 0.3) is 0 Å². The van der Waals surface area contributed by atoms with Crippen molar-refractivity contribution in [2.75, 3.05) is 37.3 Å². The minimum Gasteiger partial charge on any atom is -0.383 e. The van der Waals surface area contributed by atoms with Crippen LogP contribution in [0.1, 0.15) is 24.8 Å². The molecule has 0 amide bonds. The van der Waals surface area contributed by atoms with Gasteiger partial charge in [0, 0.05) is 24.7 Å². The van der Waals surface area contributed by atoms with Crippen molar-refractivity contribution in [3.8, 4) is 0 Å².